The minimum absolute atomic E-state index is 0.00167. The van der Waals surface area contributed by atoms with E-state index in [9.17, 15) is 0 Å². The van der Waals surface area contributed by atoms with Crippen LogP contribution in [0.4, 0.5) is 0 Å². The van der Waals surface area contributed by atoms with E-state index in [1.54, 1.807) is 0 Å². The Morgan fingerprint density at radius 3 is 2.16 bits per heavy atom. The molecule has 0 aromatic heterocycles. The van der Waals surface area contributed by atoms with Gasteiger partial charge in [0, 0.05) is 15.6 Å². The predicted octanol–water partition coefficient (Wildman–Crippen LogP) is 4.92. The molecule has 0 aliphatic carbocycles. The van der Waals surface area contributed by atoms with E-state index in [-0.39, 0.29) is 6.04 Å². The van der Waals surface area contributed by atoms with Crippen molar-refractivity contribution in [2.75, 3.05) is 7.05 Å². The Morgan fingerprint density at radius 2 is 1.63 bits per heavy atom. The first-order valence-corrected chi connectivity index (χ1v) is 6.98. The van der Waals surface area contributed by atoms with Crippen LogP contribution >= 0.6 is 23.2 Å². The number of halogens is 2. The molecule has 2 aromatic carbocycles. The van der Waals surface area contributed by atoms with Gasteiger partial charge in [-0.25, -0.2) is 0 Å². The smallest absolute Gasteiger partial charge is 0.0606 e. The minimum Gasteiger partial charge on any atom is -0.309 e. The fraction of sp³-hybridized carbons (Fsp3) is 0.250. The second-order valence-electron chi connectivity index (χ2n) is 4.72. The van der Waals surface area contributed by atoms with Crippen molar-refractivity contribution >= 4 is 23.2 Å². The lowest BCUT2D eigenvalue weighted by Crippen LogP contribution is -2.19. The molecule has 1 nitrogen and oxygen atoms in total. The van der Waals surface area contributed by atoms with Crippen LogP contribution in [0.25, 0.3) is 0 Å². The monoisotopic (exact) mass is 293 g/mol. The predicted molar refractivity (Wildman–Crippen MR) is 83.3 cm³/mol. The maximum atomic E-state index is 6.31. The summed E-state index contributed by atoms with van der Waals surface area (Å²) in [6.07, 6.45) is 0. The van der Waals surface area contributed by atoms with Gasteiger partial charge < -0.3 is 5.32 Å². The van der Waals surface area contributed by atoms with Gasteiger partial charge in [0.2, 0.25) is 0 Å². The summed E-state index contributed by atoms with van der Waals surface area (Å²) >= 11 is 12.6. The van der Waals surface area contributed by atoms with Gasteiger partial charge in [-0.05, 0) is 44.2 Å². The quantitative estimate of drug-likeness (QED) is 0.847. The zero-order valence-electron chi connectivity index (χ0n) is 11.3. The highest BCUT2D eigenvalue weighted by Gasteiger charge is 2.19. The van der Waals surface area contributed by atoms with Crippen LogP contribution in [0.1, 0.15) is 28.3 Å². The molecule has 2 rings (SSSR count). The molecule has 0 aliphatic rings. The van der Waals surface area contributed by atoms with Crippen molar-refractivity contribution in [3.05, 3.63) is 68.7 Å². The highest BCUT2D eigenvalue weighted by Crippen LogP contribution is 2.35. The highest BCUT2D eigenvalue weighted by molar-refractivity contribution is 6.36. The zero-order valence-corrected chi connectivity index (χ0v) is 12.8. The van der Waals surface area contributed by atoms with E-state index in [4.69, 9.17) is 23.2 Å². The molecule has 0 saturated heterocycles. The van der Waals surface area contributed by atoms with Gasteiger partial charge in [-0.3, -0.25) is 0 Å². The first kappa shape index (κ1) is 14.4. The molecule has 0 heterocycles. The van der Waals surface area contributed by atoms with E-state index in [2.05, 4.69) is 37.4 Å². The van der Waals surface area contributed by atoms with Gasteiger partial charge >= 0.3 is 0 Å². The van der Waals surface area contributed by atoms with Gasteiger partial charge in [0.05, 0.1) is 6.04 Å². The molecule has 100 valence electrons. The summed E-state index contributed by atoms with van der Waals surface area (Å²) in [6, 6.07) is 12.0. The molecule has 0 saturated carbocycles. The first-order valence-electron chi connectivity index (χ1n) is 6.23. The number of hydrogen-bond acceptors (Lipinski definition) is 1. The van der Waals surface area contributed by atoms with Crippen LogP contribution in [0, 0.1) is 13.8 Å². The molecule has 0 aliphatic heterocycles. The summed E-state index contributed by atoms with van der Waals surface area (Å²) in [5.41, 5.74) is 4.61. The van der Waals surface area contributed by atoms with Crippen molar-refractivity contribution in [2.24, 2.45) is 0 Å². The van der Waals surface area contributed by atoms with Gasteiger partial charge in [0.1, 0.15) is 0 Å². The third kappa shape index (κ3) is 2.94. The second-order valence-corrected chi connectivity index (χ2v) is 5.53. The lowest BCUT2D eigenvalue weighted by atomic mass is 9.94. The van der Waals surface area contributed by atoms with Crippen LogP contribution in [-0.2, 0) is 0 Å². The molecule has 19 heavy (non-hydrogen) atoms. The minimum atomic E-state index is 0.00167. The third-order valence-electron chi connectivity index (χ3n) is 3.31. The molecular formula is C16H17Cl2N. The summed E-state index contributed by atoms with van der Waals surface area (Å²) in [6.45, 7) is 4.20. The van der Waals surface area contributed by atoms with Crippen molar-refractivity contribution in [3.8, 4) is 0 Å². The van der Waals surface area contributed by atoms with Crippen molar-refractivity contribution < 1.29 is 0 Å². The summed E-state index contributed by atoms with van der Waals surface area (Å²) in [7, 11) is 1.92. The topological polar surface area (TPSA) is 12.0 Å². The van der Waals surface area contributed by atoms with Crippen molar-refractivity contribution in [1.29, 1.82) is 0 Å². The molecule has 3 heteroatoms. The van der Waals surface area contributed by atoms with Crippen molar-refractivity contribution in [2.45, 2.75) is 19.9 Å². The van der Waals surface area contributed by atoms with E-state index in [0.29, 0.717) is 10.0 Å². The van der Waals surface area contributed by atoms with E-state index in [1.807, 2.05) is 25.2 Å². The standard InChI is InChI=1S/C16H17Cl2N/c1-10-7-8-12(11(2)9-10)16(19-3)15-13(17)5-4-6-14(15)18/h4-9,16,19H,1-3H3. The Balaban J connectivity index is 2.56. The Kier molecular flexibility index (Phi) is 4.51. The van der Waals surface area contributed by atoms with Gasteiger partial charge in [0.25, 0.3) is 0 Å². The van der Waals surface area contributed by atoms with E-state index in [0.717, 1.165) is 5.56 Å². The number of nitrogens with one attached hydrogen (secondary N) is 1. The number of benzene rings is 2. The molecule has 0 amide bonds. The maximum absolute atomic E-state index is 6.31. The molecule has 1 unspecified atom stereocenters. The summed E-state index contributed by atoms with van der Waals surface area (Å²) in [5, 5.41) is 4.68. The first-order chi connectivity index (χ1) is 9.04. The Morgan fingerprint density at radius 1 is 1.00 bits per heavy atom. The van der Waals surface area contributed by atoms with Crippen LogP contribution in [0.15, 0.2) is 36.4 Å². The number of rotatable bonds is 3. The van der Waals surface area contributed by atoms with Gasteiger partial charge in [-0.2, -0.15) is 0 Å². The van der Waals surface area contributed by atoms with Gasteiger partial charge in [-0.1, -0.05) is 53.0 Å². The van der Waals surface area contributed by atoms with Crippen LogP contribution in [0.5, 0.6) is 0 Å². The van der Waals surface area contributed by atoms with Crippen LogP contribution in [0.2, 0.25) is 10.0 Å². The number of hydrogen-bond donors (Lipinski definition) is 1. The summed E-state index contributed by atoms with van der Waals surface area (Å²) in [4.78, 5) is 0. The Labute approximate surface area is 124 Å². The van der Waals surface area contributed by atoms with Crippen molar-refractivity contribution in [1.82, 2.24) is 5.32 Å². The molecular weight excluding hydrogens is 277 g/mol. The van der Waals surface area contributed by atoms with Crippen LogP contribution in [-0.4, -0.2) is 7.05 Å². The number of aryl methyl sites for hydroxylation is 2. The van der Waals surface area contributed by atoms with E-state index in [1.165, 1.54) is 16.7 Å². The molecule has 1 N–H and O–H groups in total. The SMILES string of the molecule is CNC(c1ccc(C)cc1C)c1c(Cl)cccc1Cl. The molecule has 2 aromatic rings. The van der Waals surface area contributed by atoms with E-state index >= 15 is 0 Å². The summed E-state index contributed by atoms with van der Waals surface area (Å²) in [5.74, 6) is 0. The normalized spacial score (nSPS) is 12.5. The van der Waals surface area contributed by atoms with E-state index < -0.39 is 0 Å². The molecule has 0 bridgehead atoms. The molecule has 0 fully saturated rings. The fourth-order valence-electron chi connectivity index (χ4n) is 2.39. The largest absolute Gasteiger partial charge is 0.309 e. The molecule has 1 atom stereocenters. The zero-order chi connectivity index (χ0) is 14.0. The fourth-order valence-corrected chi connectivity index (χ4v) is 3.01. The lowest BCUT2D eigenvalue weighted by molar-refractivity contribution is 0.688. The average Bonchev–Trinajstić information content (AvgIpc) is 2.35. The lowest BCUT2D eigenvalue weighted by Gasteiger charge is -2.22. The second kappa shape index (κ2) is 5.96. The van der Waals surface area contributed by atoms with Gasteiger partial charge in [0.15, 0.2) is 0 Å². The Bertz CT molecular complexity index is 573. The maximum Gasteiger partial charge on any atom is 0.0606 e. The molecule has 0 spiro atoms. The van der Waals surface area contributed by atoms with Crippen LogP contribution < -0.4 is 5.32 Å². The third-order valence-corrected chi connectivity index (χ3v) is 3.97. The average molecular weight is 294 g/mol. The summed E-state index contributed by atoms with van der Waals surface area (Å²) < 4.78 is 0. The highest BCUT2D eigenvalue weighted by atomic mass is 35.5. The Hall–Kier alpha value is -1.02. The van der Waals surface area contributed by atoms with Crippen molar-refractivity contribution in [3.63, 3.8) is 0 Å². The van der Waals surface area contributed by atoms with Crippen LogP contribution in [0.3, 0.4) is 0 Å². The molecule has 0 radical (unpaired) electrons. The van der Waals surface area contributed by atoms with Gasteiger partial charge in [-0.15, -0.1) is 0 Å².